The molecule has 0 saturated carbocycles. The molecule has 3 heterocycles. The molecule has 4 rings (SSSR count). The van der Waals surface area contributed by atoms with Crippen LogP contribution in [-0.4, -0.2) is 23.3 Å². The standard InChI is InChI=1S/C16H17N3O/c1-2-6-15-12(5-1)14(10-20-15)13-9-18-19-16(13)11-4-3-7-17-8-11/h1-2,5-6,9-11,17H,3-4,7-8H2,(H,18,19). The average molecular weight is 267 g/mol. The fraction of sp³-hybridized carbons (Fsp3) is 0.312. The summed E-state index contributed by atoms with van der Waals surface area (Å²) in [5, 5.41) is 12.1. The van der Waals surface area contributed by atoms with Gasteiger partial charge in [-0.2, -0.15) is 5.10 Å². The van der Waals surface area contributed by atoms with E-state index in [1.165, 1.54) is 24.1 Å². The second-order valence-electron chi connectivity index (χ2n) is 5.39. The molecule has 0 aliphatic carbocycles. The SMILES string of the molecule is c1ccc2c(-c3cn[nH]c3C3CCCNC3)coc2c1. The molecule has 2 N–H and O–H groups in total. The summed E-state index contributed by atoms with van der Waals surface area (Å²) < 4.78 is 5.66. The third-order valence-electron chi connectivity index (χ3n) is 4.15. The van der Waals surface area contributed by atoms with Crippen molar-refractivity contribution >= 4 is 11.0 Å². The Balaban J connectivity index is 1.81. The van der Waals surface area contributed by atoms with Crippen molar-refractivity contribution in [1.82, 2.24) is 15.5 Å². The molecule has 2 aromatic heterocycles. The third kappa shape index (κ3) is 1.84. The number of furan rings is 1. The number of H-pyrrole nitrogens is 1. The summed E-state index contributed by atoms with van der Waals surface area (Å²) >= 11 is 0. The van der Waals surface area contributed by atoms with Crippen molar-refractivity contribution in [3.63, 3.8) is 0 Å². The number of hydrogen-bond acceptors (Lipinski definition) is 3. The van der Waals surface area contributed by atoms with E-state index in [9.17, 15) is 0 Å². The van der Waals surface area contributed by atoms with Crippen LogP contribution >= 0.6 is 0 Å². The molecule has 0 amide bonds. The lowest BCUT2D eigenvalue weighted by Crippen LogP contribution is -2.28. The number of rotatable bonds is 2. The highest BCUT2D eigenvalue weighted by Gasteiger charge is 2.22. The van der Waals surface area contributed by atoms with Crippen LogP contribution in [0.15, 0.2) is 41.1 Å². The molecule has 0 radical (unpaired) electrons. The quantitative estimate of drug-likeness (QED) is 0.749. The van der Waals surface area contributed by atoms with Crippen molar-refractivity contribution in [2.75, 3.05) is 13.1 Å². The van der Waals surface area contributed by atoms with E-state index < -0.39 is 0 Å². The molecule has 1 aliphatic heterocycles. The van der Waals surface area contributed by atoms with Crippen LogP contribution in [0.5, 0.6) is 0 Å². The summed E-state index contributed by atoms with van der Waals surface area (Å²) in [4.78, 5) is 0. The van der Waals surface area contributed by atoms with Crippen molar-refractivity contribution in [2.45, 2.75) is 18.8 Å². The van der Waals surface area contributed by atoms with E-state index in [0.29, 0.717) is 5.92 Å². The summed E-state index contributed by atoms with van der Waals surface area (Å²) in [5.74, 6) is 0.509. The van der Waals surface area contributed by atoms with Crippen molar-refractivity contribution in [2.24, 2.45) is 0 Å². The first-order valence-electron chi connectivity index (χ1n) is 7.14. The van der Waals surface area contributed by atoms with E-state index in [1.807, 2.05) is 30.7 Å². The number of nitrogens with one attached hydrogen (secondary N) is 2. The minimum Gasteiger partial charge on any atom is -0.464 e. The minimum atomic E-state index is 0.509. The van der Waals surface area contributed by atoms with Crippen molar-refractivity contribution < 1.29 is 4.42 Å². The van der Waals surface area contributed by atoms with Crippen LogP contribution in [-0.2, 0) is 0 Å². The number of nitrogens with zero attached hydrogens (tertiary/aromatic N) is 1. The van der Waals surface area contributed by atoms with E-state index in [-0.39, 0.29) is 0 Å². The Labute approximate surface area is 117 Å². The maximum atomic E-state index is 5.66. The molecule has 20 heavy (non-hydrogen) atoms. The van der Waals surface area contributed by atoms with Gasteiger partial charge in [-0.1, -0.05) is 18.2 Å². The monoisotopic (exact) mass is 267 g/mol. The second-order valence-corrected chi connectivity index (χ2v) is 5.39. The summed E-state index contributed by atoms with van der Waals surface area (Å²) in [6.07, 6.45) is 6.18. The topological polar surface area (TPSA) is 53.9 Å². The lowest BCUT2D eigenvalue weighted by atomic mass is 9.91. The normalized spacial score (nSPS) is 19.5. The first-order valence-corrected chi connectivity index (χ1v) is 7.14. The predicted octanol–water partition coefficient (Wildman–Crippen LogP) is 3.29. The Morgan fingerprint density at radius 1 is 1.20 bits per heavy atom. The van der Waals surface area contributed by atoms with Gasteiger partial charge in [0.05, 0.1) is 12.5 Å². The van der Waals surface area contributed by atoms with Gasteiger partial charge in [-0.15, -0.1) is 0 Å². The molecule has 1 unspecified atom stereocenters. The van der Waals surface area contributed by atoms with Crippen molar-refractivity contribution in [3.8, 4) is 11.1 Å². The molecule has 0 bridgehead atoms. The van der Waals surface area contributed by atoms with E-state index >= 15 is 0 Å². The third-order valence-corrected chi connectivity index (χ3v) is 4.15. The number of aromatic nitrogens is 2. The zero-order chi connectivity index (χ0) is 13.4. The Kier molecular flexibility index (Phi) is 2.81. The van der Waals surface area contributed by atoms with Gasteiger partial charge in [0, 0.05) is 34.7 Å². The van der Waals surface area contributed by atoms with Gasteiger partial charge >= 0.3 is 0 Å². The molecule has 1 atom stereocenters. The van der Waals surface area contributed by atoms with Crippen LogP contribution < -0.4 is 5.32 Å². The molecule has 1 aromatic carbocycles. The highest BCUT2D eigenvalue weighted by Crippen LogP contribution is 2.35. The number of para-hydroxylation sites is 1. The van der Waals surface area contributed by atoms with E-state index in [0.717, 1.165) is 29.6 Å². The summed E-state index contributed by atoms with van der Waals surface area (Å²) in [6, 6.07) is 8.14. The van der Waals surface area contributed by atoms with Gasteiger partial charge in [-0.05, 0) is 25.5 Å². The molecular weight excluding hydrogens is 250 g/mol. The molecule has 1 aliphatic rings. The minimum absolute atomic E-state index is 0.509. The molecule has 4 heteroatoms. The van der Waals surface area contributed by atoms with Gasteiger partial charge in [0.25, 0.3) is 0 Å². The predicted molar refractivity (Wildman–Crippen MR) is 78.6 cm³/mol. The van der Waals surface area contributed by atoms with Crippen LogP contribution in [0.25, 0.3) is 22.1 Å². The van der Waals surface area contributed by atoms with Crippen molar-refractivity contribution in [3.05, 3.63) is 42.4 Å². The molecule has 1 saturated heterocycles. The Hall–Kier alpha value is -2.07. The highest BCUT2D eigenvalue weighted by molar-refractivity contribution is 5.94. The van der Waals surface area contributed by atoms with Gasteiger partial charge in [0.2, 0.25) is 0 Å². The lowest BCUT2D eigenvalue weighted by molar-refractivity contribution is 0.455. The van der Waals surface area contributed by atoms with Gasteiger partial charge < -0.3 is 9.73 Å². The lowest BCUT2D eigenvalue weighted by Gasteiger charge is -2.22. The number of aromatic amines is 1. The average Bonchev–Trinajstić information content (AvgIpc) is 3.14. The summed E-state index contributed by atoms with van der Waals surface area (Å²) in [5.41, 5.74) is 4.46. The molecule has 102 valence electrons. The second kappa shape index (κ2) is 4.80. The van der Waals surface area contributed by atoms with Crippen LogP contribution in [0.2, 0.25) is 0 Å². The summed E-state index contributed by atoms with van der Waals surface area (Å²) in [6.45, 7) is 2.14. The fourth-order valence-electron chi connectivity index (χ4n) is 3.11. The van der Waals surface area contributed by atoms with Crippen LogP contribution in [0, 0.1) is 0 Å². The fourth-order valence-corrected chi connectivity index (χ4v) is 3.11. The Morgan fingerprint density at radius 2 is 2.15 bits per heavy atom. The smallest absolute Gasteiger partial charge is 0.134 e. The molecule has 4 nitrogen and oxygen atoms in total. The first-order chi connectivity index (χ1) is 9.93. The zero-order valence-electron chi connectivity index (χ0n) is 11.2. The Morgan fingerprint density at radius 3 is 3.05 bits per heavy atom. The van der Waals surface area contributed by atoms with Crippen LogP contribution in [0.4, 0.5) is 0 Å². The first kappa shape index (κ1) is 11.7. The zero-order valence-corrected chi connectivity index (χ0v) is 11.2. The maximum Gasteiger partial charge on any atom is 0.134 e. The number of benzene rings is 1. The Bertz CT molecular complexity index is 722. The molecule has 0 spiro atoms. The highest BCUT2D eigenvalue weighted by atomic mass is 16.3. The number of fused-ring (bicyclic) bond motifs is 1. The molecule has 3 aromatic rings. The van der Waals surface area contributed by atoms with Gasteiger partial charge in [-0.25, -0.2) is 0 Å². The van der Waals surface area contributed by atoms with E-state index in [1.54, 1.807) is 0 Å². The maximum absolute atomic E-state index is 5.66. The summed E-state index contributed by atoms with van der Waals surface area (Å²) in [7, 11) is 0. The van der Waals surface area contributed by atoms with Crippen LogP contribution in [0.1, 0.15) is 24.5 Å². The van der Waals surface area contributed by atoms with E-state index in [4.69, 9.17) is 4.42 Å². The number of hydrogen-bond donors (Lipinski definition) is 2. The molecule has 1 fully saturated rings. The van der Waals surface area contributed by atoms with Crippen molar-refractivity contribution in [1.29, 1.82) is 0 Å². The van der Waals surface area contributed by atoms with Gasteiger partial charge in [0.15, 0.2) is 0 Å². The van der Waals surface area contributed by atoms with E-state index in [2.05, 4.69) is 21.6 Å². The van der Waals surface area contributed by atoms with Crippen LogP contribution in [0.3, 0.4) is 0 Å². The molecular formula is C16H17N3O. The van der Waals surface area contributed by atoms with Gasteiger partial charge in [0.1, 0.15) is 5.58 Å². The number of piperidine rings is 1. The van der Waals surface area contributed by atoms with Gasteiger partial charge in [-0.3, -0.25) is 5.10 Å². The largest absolute Gasteiger partial charge is 0.464 e.